The number of hydrogen-bond acceptors (Lipinski definition) is 2. The van der Waals surface area contributed by atoms with Crippen molar-refractivity contribution in [3.8, 4) is 5.75 Å². The van der Waals surface area contributed by atoms with Gasteiger partial charge in [-0.15, -0.1) is 0 Å². The van der Waals surface area contributed by atoms with Crippen molar-refractivity contribution in [2.24, 2.45) is 0 Å². The quantitative estimate of drug-likeness (QED) is 0.844. The molecule has 3 nitrogen and oxygen atoms in total. The lowest BCUT2D eigenvalue weighted by molar-refractivity contribution is -0.131. The molecule has 0 unspecified atom stereocenters. The van der Waals surface area contributed by atoms with Crippen molar-refractivity contribution in [3.05, 3.63) is 70.5 Å². The molecule has 2 aromatic carbocycles. The lowest BCUT2D eigenvalue weighted by Crippen LogP contribution is -1.96. The summed E-state index contributed by atoms with van der Waals surface area (Å²) in [5.74, 6) is -1.03. The van der Waals surface area contributed by atoms with Crippen molar-refractivity contribution in [1.82, 2.24) is 0 Å². The average molecular weight is 307 g/mol. The number of benzene rings is 2. The molecule has 0 radical (unpaired) electrons. The summed E-state index contributed by atoms with van der Waals surface area (Å²) in [7, 11) is 0. The van der Waals surface area contributed by atoms with E-state index >= 15 is 0 Å². The van der Waals surface area contributed by atoms with Crippen LogP contribution in [0.5, 0.6) is 5.75 Å². The lowest BCUT2D eigenvalue weighted by Gasteiger charge is -2.07. The maximum atomic E-state index is 13.0. The first-order valence-electron chi connectivity index (χ1n) is 6.12. The van der Waals surface area contributed by atoms with Crippen LogP contribution in [0.1, 0.15) is 11.1 Å². The second-order valence-corrected chi connectivity index (χ2v) is 4.69. The van der Waals surface area contributed by atoms with Gasteiger partial charge in [-0.2, -0.15) is 0 Å². The van der Waals surface area contributed by atoms with E-state index in [9.17, 15) is 9.18 Å². The third-order valence-electron chi connectivity index (χ3n) is 2.67. The predicted octanol–water partition coefficient (Wildman–Crippen LogP) is 4.16. The summed E-state index contributed by atoms with van der Waals surface area (Å²) in [5, 5.41) is 8.60. The second kappa shape index (κ2) is 6.90. The molecule has 0 spiro atoms. The van der Waals surface area contributed by atoms with Crippen LogP contribution in [0.25, 0.3) is 6.08 Å². The summed E-state index contributed by atoms with van der Waals surface area (Å²) < 4.78 is 18.5. The van der Waals surface area contributed by atoms with E-state index in [-0.39, 0.29) is 11.6 Å². The predicted molar refractivity (Wildman–Crippen MR) is 78.9 cm³/mol. The molecule has 0 heterocycles. The Morgan fingerprint density at radius 1 is 1.29 bits per heavy atom. The van der Waals surface area contributed by atoms with Crippen molar-refractivity contribution in [2.75, 3.05) is 0 Å². The van der Waals surface area contributed by atoms with Gasteiger partial charge in [0, 0.05) is 12.1 Å². The third-order valence-corrected chi connectivity index (χ3v) is 2.96. The molecule has 21 heavy (non-hydrogen) atoms. The zero-order valence-corrected chi connectivity index (χ0v) is 11.7. The van der Waals surface area contributed by atoms with Crippen LogP contribution in [0.2, 0.25) is 5.02 Å². The zero-order chi connectivity index (χ0) is 15.2. The van der Waals surface area contributed by atoms with Crippen molar-refractivity contribution >= 4 is 23.6 Å². The molecule has 108 valence electrons. The highest BCUT2D eigenvalue weighted by molar-refractivity contribution is 6.30. The standard InChI is InChI=1S/C16H12ClFO3/c17-14-9-13(5-6-15(14)18)21-10-12-3-1-2-11(8-12)4-7-16(19)20/h1-9H,10H2,(H,19,20). The summed E-state index contributed by atoms with van der Waals surface area (Å²) in [6, 6.07) is 11.4. The van der Waals surface area contributed by atoms with Gasteiger partial charge in [0.05, 0.1) is 5.02 Å². The van der Waals surface area contributed by atoms with E-state index in [0.717, 1.165) is 17.2 Å². The number of carboxylic acid groups (broad SMARTS) is 1. The summed E-state index contributed by atoms with van der Waals surface area (Å²) in [4.78, 5) is 10.5. The van der Waals surface area contributed by atoms with Gasteiger partial charge in [-0.3, -0.25) is 0 Å². The first-order valence-corrected chi connectivity index (χ1v) is 6.50. The first-order chi connectivity index (χ1) is 10.0. The lowest BCUT2D eigenvalue weighted by atomic mass is 10.1. The van der Waals surface area contributed by atoms with Crippen LogP contribution in [0.15, 0.2) is 48.5 Å². The molecule has 2 aromatic rings. The molecule has 0 saturated heterocycles. The maximum Gasteiger partial charge on any atom is 0.328 e. The molecule has 0 amide bonds. The van der Waals surface area contributed by atoms with Crippen LogP contribution in [-0.4, -0.2) is 11.1 Å². The summed E-state index contributed by atoms with van der Waals surface area (Å²) in [6.07, 6.45) is 2.57. The van der Waals surface area contributed by atoms with Gasteiger partial charge in [0.1, 0.15) is 18.2 Å². The Labute approximate surface area is 126 Å². The molecule has 0 aliphatic heterocycles. The minimum Gasteiger partial charge on any atom is -0.489 e. The summed E-state index contributed by atoms with van der Waals surface area (Å²) >= 11 is 5.67. The molecule has 0 fully saturated rings. The number of ether oxygens (including phenoxy) is 1. The summed E-state index contributed by atoms with van der Waals surface area (Å²) in [6.45, 7) is 0.275. The smallest absolute Gasteiger partial charge is 0.328 e. The number of halogens is 2. The topological polar surface area (TPSA) is 46.5 Å². The van der Waals surface area contributed by atoms with Crippen molar-refractivity contribution < 1.29 is 19.0 Å². The molecule has 1 N–H and O–H groups in total. The number of carbonyl (C=O) groups is 1. The average Bonchev–Trinajstić information content (AvgIpc) is 2.47. The number of rotatable bonds is 5. The molecule has 0 aliphatic rings. The Balaban J connectivity index is 2.04. The Morgan fingerprint density at radius 3 is 2.81 bits per heavy atom. The largest absolute Gasteiger partial charge is 0.489 e. The molecule has 0 atom stereocenters. The third kappa shape index (κ3) is 4.61. The van der Waals surface area contributed by atoms with Crippen LogP contribution < -0.4 is 4.74 Å². The first kappa shape index (κ1) is 15.1. The summed E-state index contributed by atoms with van der Waals surface area (Å²) in [5.41, 5.74) is 1.62. The monoisotopic (exact) mass is 306 g/mol. The maximum absolute atomic E-state index is 13.0. The van der Waals surface area contributed by atoms with Crippen LogP contribution >= 0.6 is 11.6 Å². The van der Waals surface area contributed by atoms with E-state index in [1.807, 2.05) is 12.1 Å². The highest BCUT2D eigenvalue weighted by Crippen LogP contribution is 2.22. The van der Waals surface area contributed by atoms with Gasteiger partial charge in [0.25, 0.3) is 0 Å². The van der Waals surface area contributed by atoms with Crippen LogP contribution in [0.4, 0.5) is 4.39 Å². The minimum atomic E-state index is -1.00. The molecule has 0 saturated carbocycles. The zero-order valence-electron chi connectivity index (χ0n) is 10.9. The van der Waals surface area contributed by atoms with Crippen molar-refractivity contribution in [3.63, 3.8) is 0 Å². The fraction of sp³-hybridized carbons (Fsp3) is 0.0625. The molecule has 2 rings (SSSR count). The van der Waals surface area contributed by atoms with E-state index in [1.54, 1.807) is 12.1 Å². The van der Waals surface area contributed by atoms with Gasteiger partial charge in [-0.1, -0.05) is 29.8 Å². The van der Waals surface area contributed by atoms with E-state index in [1.165, 1.54) is 24.3 Å². The van der Waals surface area contributed by atoms with Gasteiger partial charge in [-0.25, -0.2) is 9.18 Å². The number of carboxylic acids is 1. The van der Waals surface area contributed by atoms with Gasteiger partial charge in [0.2, 0.25) is 0 Å². The molecule has 0 bridgehead atoms. The molecular formula is C16H12ClFO3. The van der Waals surface area contributed by atoms with Crippen molar-refractivity contribution in [2.45, 2.75) is 6.61 Å². The van der Waals surface area contributed by atoms with Gasteiger partial charge in [-0.05, 0) is 35.4 Å². The highest BCUT2D eigenvalue weighted by atomic mass is 35.5. The van der Waals surface area contributed by atoms with Crippen LogP contribution in [-0.2, 0) is 11.4 Å². The van der Waals surface area contributed by atoms with Crippen LogP contribution in [0.3, 0.4) is 0 Å². The highest BCUT2D eigenvalue weighted by Gasteiger charge is 2.02. The molecular weight excluding hydrogens is 295 g/mol. The fourth-order valence-corrected chi connectivity index (χ4v) is 1.86. The van der Waals surface area contributed by atoms with Gasteiger partial charge >= 0.3 is 5.97 Å². The van der Waals surface area contributed by atoms with E-state index in [2.05, 4.69) is 0 Å². The normalized spacial score (nSPS) is 10.8. The number of hydrogen-bond donors (Lipinski definition) is 1. The fourth-order valence-electron chi connectivity index (χ4n) is 1.69. The van der Waals surface area contributed by atoms with E-state index in [0.29, 0.717) is 5.75 Å². The molecule has 5 heteroatoms. The Hall–Kier alpha value is -2.33. The minimum absolute atomic E-state index is 0.00522. The van der Waals surface area contributed by atoms with Crippen LogP contribution in [0, 0.1) is 5.82 Å². The Morgan fingerprint density at radius 2 is 2.10 bits per heavy atom. The van der Waals surface area contributed by atoms with E-state index in [4.69, 9.17) is 21.4 Å². The Kier molecular flexibility index (Phi) is 4.95. The Bertz CT molecular complexity index is 683. The number of aliphatic carboxylic acids is 1. The molecule has 0 aromatic heterocycles. The molecule has 0 aliphatic carbocycles. The van der Waals surface area contributed by atoms with E-state index < -0.39 is 11.8 Å². The van der Waals surface area contributed by atoms with Gasteiger partial charge in [0.15, 0.2) is 0 Å². The van der Waals surface area contributed by atoms with Gasteiger partial charge < -0.3 is 9.84 Å². The second-order valence-electron chi connectivity index (χ2n) is 4.28. The SMILES string of the molecule is O=C(O)C=Cc1cccc(COc2ccc(F)c(Cl)c2)c1. The van der Waals surface area contributed by atoms with Crippen molar-refractivity contribution in [1.29, 1.82) is 0 Å².